The predicted octanol–water partition coefficient (Wildman–Crippen LogP) is -0.955. The molecule has 0 aromatic rings. The number of carbonyl (C=O) groups is 1. The number of aliphatic hydroxyl groups excluding tert-OH is 2. The van der Waals surface area contributed by atoms with E-state index in [1.807, 2.05) is 0 Å². The number of aliphatic hydroxyl groups is 2. The lowest BCUT2D eigenvalue weighted by Crippen LogP contribution is -2.55. The lowest BCUT2D eigenvalue weighted by molar-refractivity contribution is -0.135. The summed E-state index contributed by atoms with van der Waals surface area (Å²) in [5.41, 5.74) is 0. The fourth-order valence-corrected chi connectivity index (χ4v) is 1.79. The van der Waals surface area contributed by atoms with Crippen molar-refractivity contribution in [1.82, 2.24) is 5.32 Å². The highest BCUT2D eigenvalue weighted by Gasteiger charge is 2.37. The van der Waals surface area contributed by atoms with Gasteiger partial charge in [0.25, 0.3) is 0 Å². The van der Waals surface area contributed by atoms with Crippen molar-refractivity contribution in [2.75, 3.05) is 13.2 Å². The number of carbonyl (C=O) groups excluding carboxylic acids is 1. The molecule has 0 aromatic carbocycles. The first-order valence-corrected chi connectivity index (χ1v) is 4.90. The van der Waals surface area contributed by atoms with Crippen LogP contribution in [0.1, 0.15) is 6.92 Å². The van der Waals surface area contributed by atoms with E-state index < -0.39 is 12.2 Å². The van der Waals surface area contributed by atoms with Crippen LogP contribution in [0.2, 0.25) is 0 Å². The molecule has 5 nitrogen and oxygen atoms in total. The van der Waals surface area contributed by atoms with Crippen LogP contribution in [0.4, 0.5) is 0 Å². The first kappa shape index (κ1) is 12.2. The average molecular weight is 215 g/mol. The Morgan fingerprint density at radius 1 is 1.73 bits per heavy atom. The van der Waals surface area contributed by atoms with Gasteiger partial charge in [-0.25, -0.2) is 0 Å². The average Bonchev–Trinajstić information content (AvgIpc) is 2.18. The molecule has 5 heteroatoms. The second-order valence-corrected chi connectivity index (χ2v) is 3.67. The molecule has 4 atom stereocenters. The molecular weight excluding hydrogens is 198 g/mol. The lowest BCUT2D eigenvalue weighted by atomic mass is 9.88. The molecule has 1 heterocycles. The summed E-state index contributed by atoms with van der Waals surface area (Å²) >= 11 is 0. The van der Waals surface area contributed by atoms with Gasteiger partial charge in [0, 0.05) is 12.8 Å². The van der Waals surface area contributed by atoms with Crippen molar-refractivity contribution in [2.45, 2.75) is 25.2 Å². The van der Waals surface area contributed by atoms with Crippen LogP contribution in [0.25, 0.3) is 0 Å². The minimum absolute atomic E-state index is 0.176. The third kappa shape index (κ3) is 2.77. The van der Waals surface area contributed by atoms with Crippen LogP contribution in [-0.2, 0) is 9.53 Å². The first-order chi connectivity index (χ1) is 7.10. The summed E-state index contributed by atoms with van der Waals surface area (Å²) in [7, 11) is 0. The Labute approximate surface area is 88.7 Å². The summed E-state index contributed by atoms with van der Waals surface area (Å²) in [6.07, 6.45) is 0.146. The summed E-state index contributed by atoms with van der Waals surface area (Å²) in [4.78, 5) is 10.9. The third-order valence-electron chi connectivity index (χ3n) is 2.57. The summed E-state index contributed by atoms with van der Waals surface area (Å²) in [5, 5.41) is 21.4. The second kappa shape index (κ2) is 5.25. The number of amides is 1. The molecule has 1 aliphatic rings. The van der Waals surface area contributed by atoms with Crippen molar-refractivity contribution in [2.24, 2.45) is 5.92 Å². The van der Waals surface area contributed by atoms with Crippen LogP contribution >= 0.6 is 0 Å². The number of rotatable bonds is 3. The maximum Gasteiger partial charge on any atom is 0.217 e. The van der Waals surface area contributed by atoms with Crippen LogP contribution < -0.4 is 5.32 Å². The summed E-state index contributed by atoms with van der Waals surface area (Å²) in [6, 6.07) is -0.280. The minimum atomic E-state index is -0.835. The van der Waals surface area contributed by atoms with Crippen molar-refractivity contribution in [3.63, 3.8) is 0 Å². The van der Waals surface area contributed by atoms with Gasteiger partial charge in [-0.2, -0.15) is 0 Å². The topological polar surface area (TPSA) is 78.8 Å². The SMILES string of the molecule is C=CC1[C@@H](NC(C)=O)CO[C@H](CO)[C@H]1O. The van der Waals surface area contributed by atoms with Crippen molar-refractivity contribution in [1.29, 1.82) is 0 Å². The molecule has 0 saturated carbocycles. The Bertz CT molecular complexity index is 244. The van der Waals surface area contributed by atoms with Crippen LogP contribution in [0, 0.1) is 5.92 Å². The van der Waals surface area contributed by atoms with Gasteiger partial charge in [-0.05, 0) is 0 Å². The van der Waals surface area contributed by atoms with Gasteiger partial charge in [0.1, 0.15) is 6.10 Å². The molecule has 86 valence electrons. The molecule has 0 aliphatic carbocycles. The third-order valence-corrected chi connectivity index (χ3v) is 2.57. The van der Waals surface area contributed by atoms with Gasteiger partial charge in [-0.15, -0.1) is 6.58 Å². The van der Waals surface area contributed by atoms with Crippen LogP contribution in [0.3, 0.4) is 0 Å². The van der Waals surface area contributed by atoms with E-state index in [4.69, 9.17) is 9.84 Å². The van der Waals surface area contributed by atoms with Gasteiger partial charge in [0.05, 0.1) is 25.4 Å². The number of ether oxygens (including phenoxy) is 1. The fourth-order valence-electron chi connectivity index (χ4n) is 1.79. The van der Waals surface area contributed by atoms with E-state index in [1.54, 1.807) is 6.08 Å². The molecule has 1 aliphatic heterocycles. The Morgan fingerprint density at radius 2 is 2.40 bits per heavy atom. The molecule has 0 radical (unpaired) electrons. The van der Waals surface area contributed by atoms with Gasteiger partial charge in [-0.3, -0.25) is 4.79 Å². The van der Waals surface area contributed by atoms with Gasteiger partial charge in [0.2, 0.25) is 5.91 Å². The van der Waals surface area contributed by atoms with Gasteiger partial charge in [0.15, 0.2) is 0 Å². The Kier molecular flexibility index (Phi) is 4.26. The van der Waals surface area contributed by atoms with Crippen LogP contribution in [0.5, 0.6) is 0 Å². The maximum atomic E-state index is 10.9. The maximum absolute atomic E-state index is 10.9. The summed E-state index contributed by atoms with van der Waals surface area (Å²) < 4.78 is 5.22. The largest absolute Gasteiger partial charge is 0.394 e. The highest BCUT2D eigenvalue weighted by atomic mass is 16.5. The van der Waals surface area contributed by atoms with Gasteiger partial charge >= 0.3 is 0 Å². The van der Waals surface area contributed by atoms with E-state index >= 15 is 0 Å². The van der Waals surface area contributed by atoms with E-state index in [-0.39, 0.29) is 31.1 Å². The summed E-state index contributed by atoms with van der Waals surface area (Å²) in [6.45, 7) is 5.06. The van der Waals surface area contributed by atoms with Crippen LogP contribution in [0.15, 0.2) is 12.7 Å². The number of hydrogen-bond donors (Lipinski definition) is 3. The van der Waals surface area contributed by atoms with Crippen molar-refractivity contribution in [3.05, 3.63) is 12.7 Å². The molecular formula is C10H17NO4. The van der Waals surface area contributed by atoms with Gasteiger partial charge in [-0.1, -0.05) is 6.08 Å². The van der Waals surface area contributed by atoms with Crippen molar-refractivity contribution in [3.8, 4) is 0 Å². The van der Waals surface area contributed by atoms with Crippen molar-refractivity contribution < 1.29 is 19.7 Å². The quantitative estimate of drug-likeness (QED) is 0.530. The molecule has 0 bridgehead atoms. The zero-order valence-corrected chi connectivity index (χ0v) is 8.72. The molecule has 0 spiro atoms. The monoisotopic (exact) mass is 215 g/mol. The number of nitrogens with one attached hydrogen (secondary N) is 1. The zero-order chi connectivity index (χ0) is 11.4. The molecule has 1 saturated heterocycles. The minimum Gasteiger partial charge on any atom is -0.394 e. The Morgan fingerprint density at radius 3 is 2.87 bits per heavy atom. The molecule has 0 aromatic heterocycles. The first-order valence-electron chi connectivity index (χ1n) is 4.90. The van der Waals surface area contributed by atoms with E-state index in [9.17, 15) is 9.90 Å². The number of hydrogen-bond acceptors (Lipinski definition) is 4. The van der Waals surface area contributed by atoms with Crippen molar-refractivity contribution >= 4 is 5.91 Å². The lowest BCUT2D eigenvalue weighted by Gasteiger charge is -2.38. The van der Waals surface area contributed by atoms with E-state index in [1.165, 1.54) is 6.92 Å². The Balaban J connectivity index is 2.68. The highest BCUT2D eigenvalue weighted by molar-refractivity contribution is 5.73. The molecule has 3 N–H and O–H groups in total. The normalized spacial score (nSPS) is 35.9. The predicted molar refractivity (Wildman–Crippen MR) is 54.1 cm³/mol. The summed E-state index contributed by atoms with van der Waals surface area (Å²) in [5.74, 6) is -0.468. The van der Waals surface area contributed by atoms with Crippen LogP contribution in [-0.4, -0.2) is 47.6 Å². The molecule has 1 amide bonds. The van der Waals surface area contributed by atoms with Gasteiger partial charge < -0.3 is 20.3 Å². The van der Waals surface area contributed by atoms with E-state index in [0.717, 1.165) is 0 Å². The molecule has 1 rings (SSSR count). The standard InChI is InChI=1S/C10H17NO4/c1-3-7-8(11-6(2)13)5-15-9(4-12)10(7)14/h3,7-10,12,14H,1,4-5H2,2H3,(H,11,13)/t7?,8-,9+,10-/m0/s1. The molecule has 1 fully saturated rings. The second-order valence-electron chi connectivity index (χ2n) is 3.67. The smallest absolute Gasteiger partial charge is 0.217 e. The fraction of sp³-hybridized carbons (Fsp3) is 0.700. The highest BCUT2D eigenvalue weighted by Crippen LogP contribution is 2.22. The zero-order valence-electron chi connectivity index (χ0n) is 8.72. The van der Waals surface area contributed by atoms with E-state index in [2.05, 4.69) is 11.9 Å². The molecule has 1 unspecified atom stereocenters. The molecule has 15 heavy (non-hydrogen) atoms. The van der Waals surface area contributed by atoms with E-state index in [0.29, 0.717) is 0 Å². The Hall–Kier alpha value is -0.910.